The molecule has 1 saturated carbocycles. The normalized spacial score (nSPS) is 28.8. The highest BCUT2D eigenvalue weighted by Crippen LogP contribution is 2.47. The van der Waals surface area contributed by atoms with Crippen molar-refractivity contribution in [2.45, 2.75) is 30.4 Å². The Kier molecular flexibility index (Phi) is 2.63. The molecule has 0 N–H and O–H groups in total. The van der Waals surface area contributed by atoms with E-state index >= 15 is 0 Å². The van der Waals surface area contributed by atoms with E-state index in [1.54, 1.807) is 0 Å². The van der Waals surface area contributed by atoms with Crippen LogP contribution in [-0.4, -0.2) is 35.8 Å². The zero-order valence-corrected chi connectivity index (χ0v) is 8.53. The first kappa shape index (κ1) is 8.85. The van der Waals surface area contributed by atoms with E-state index in [1.807, 2.05) is 11.8 Å². The van der Waals surface area contributed by atoms with Crippen molar-refractivity contribution < 1.29 is 4.84 Å². The molecule has 0 unspecified atom stereocenters. The van der Waals surface area contributed by atoms with Crippen LogP contribution in [0.4, 0.5) is 0 Å². The summed E-state index contributed by atoms with van der Waals surface area (Å²) < 4.78 is 0.567. The highest BCUT2D eigenvalue weighted by Gasteiger charge is 2.43. The van der Waals surface area contributed by atoms with Crippen molar-refractivity contribution in [3.8, 4) is 0 Å². The van der Waals surface area contributed by atoms with Crippen molar-refractivity contribution in [2.24, 2.45) is 0 Å². The highest BCUT2D eigenvalue weighted by atomic mass is 32.2. The molecule has 0 spiro atoms. The third-order valence-electron chi connectivity index (χ3n) is 2.78. The first-order chi connectivity index (χ1) is 5.85. The van der Waals surface area contributed by atoms with Gasteiger partial charge in [-0.3, -0.25) is 4.84 Å². The number of nitrogens with zero attached hydrogens (tertiary/aromatic N) is 1. The lowest BCUT2D eigenvalue weighted by atomic mass is 10.3. The van der Waals surface area contributed by atoms with Crippen LogP contribution in [0.2, 0.25) is 0 Å². The molecular formula is C9H17NOS. The summed E-state index contributed by atoms with van der Waals surface area (Å²) in [6.07, 6.45) is 7.53. The lowest BCUT2D eigenvalue weighted by Crippen LogP contribution is -2.36. The number of hydrogen-bond donors (Lipinski definition) is 0. The second-order valence-electron chi connectivity index (χ2n) is 3.79. The molecule has 2 fully saturated rings. The molecule has 2 nitrogen and oxygen atoms in total. The van der Waals surface area contributed by atoms with Gasteiger partial charge in [0.1, 0.15) is 0 Å². The maximum absolute atomic E-state index is 5.58. The molecule has 2 aliphatic rings. The van der Waals surface area contributed by atoms with Crippen molar-refractivity contribution >= 4 is 11.8 Å². The highest BCUT2D eigenvalue weighted by molar-refractivity contribution is 8.00. The third-order valence-corrected chi connectivity index (χ3v) is 4.18. The average molecular weight is 187 g/mol. The predicted molar refractivity (Wildman–Crippen MR) is 52.2 cm³/mol. The van der Waals surface area contributed by atoms with E-state index in [0.29, 0.717) is 4.75 Å². The molecule has 1 heterocycles. The van der Waals surface area contributed by atoms with Crippen LogP contribution >= 0.6 is 11.8 Å². The summed E-state index contributed by atoms with van der Waals surface area (Å²) in [7, 11) is 0. The van der Waals surface area contributed by atoms with Gasteiger partial charge < -0.3 is 0 Å². The Morgan fingerprint density at radius 1 is 1.42 bits per heavy atom. The van der Waals surface area contributed by atoms with E-state index in [9.17, 15) is 0 Å². The Labute approximate surface area is 78.6 Å². The summed E-state index contributed by atoms with van der Waals surface area (Å²) in [4.78, 5) is 5.58. The molecule has 0 atom stereocenters. The second kappa shape index (κ2) is 3.56. The first-order valence-electron chi connectivity index (χ1n) is 4.78. The van der Waals surface area contributed by atoms with E-state index in [4.69, 9.17) is 4.84 Å². The number of hydrogen-bond acceptors (Lipinski definition) is 3. The maximum Gasteiger partial charge on any atom is 0.0685 e. The van der Waals surface area contributed by atoms with Gasteiger partial charge in [-0.05, 0) is 31.9 Å². The van der Waals surface area contributed by atoms with Crippen molar-refractivity contribution in [2.75, 3.05) is 26.0 Å². The van der Waals surface area contributed by atoms with Crippen molar-refractivity contribution in [3.05, 3.63) is 0 Å². The number of rotatable bonds is 3. The molecule has 0 amide bonds. The SMILES string of the molecule is CSC1(CN2CCCCO2)CC1. The molecule has 1 aliphatic carbocycles. The summed E-state index contributed by atoms with van der Waals surface area (Å²) in [5.74, 6) is 0. The number of hydroxylamine groups is 2. The Morgan fingerprint density at radius 3 is 2.75 bits per heavy atom. The standard InChI is InChI=1S/C9H17NOS/c1-12-9(4-5-9)8-10-6-2-3-7-11-10/h2-8H2,1H3. The van der Waals surface area contributed by atoms with Gasteiger partial charge >= 0.3 is 0 Å². The summed E-state index contributed by atoms with van der Waals surface area (Å²) in [5.41, 5.74) is 0. The molecule has 0 bridgehead atoms. The quantitative estimate of drug-likeness (QED) is 0.669. The van der Waals surface area contributed by atoms with Crippen molar-refractivity contribution in [3.63, 3.8) is 0 Å². The molecule has 12 heavy (non-hydrogen) atoms. The predicted octanol–water partition coefficient (Wildman–Crippen LogP) is 1.91. The minimum Gasteiger partial charge on any atom is -0.299 e. The molecule has 70 valence electrons. The van der Waals surface area contributed by atoms with Gasteiger partial charge in [-0.2, -0.15) is 16.8 Å². The summed E-state index contributed by atoms with van der Waals surface area (Å²) in [5, 5.41) is 2.17. The van der Waals surface area contributed by atoms with Gasteiger partial charge in [0.2, 0.25) is 0 Å². The summed E-state index contributed by atoms with van der Waals surface area (Å²) in [6, 6.07) is 0. The van der Waals surface area contributed by atoms with Crippen molar-refractivity contribution in [1.82, 2.24) is 5.06 Å². The first-order valence-corrected chi connectivity index (χ1v) is 6.00. The van der Waals surface area contributed by atoms with Crippen molar-refractivity contribution in [1.29, 1.82) is 0 Å². The fraction of sp³-hybridized carbons (Fsp3) is 1.00. The van der Waals surface area contributed by atoms with Crippen LogP contribution in [0.15, 0.2) is 0 Å². The topological polar surface area (TPSA) is 12.5 Å². The van der Waals surface area contributed by atoms with Crippen LogP contribution in [0.3, 0.4) is 0 Å². The molecular weight excluding hydrogens is 170 g/mol. The van der Waals surface area contributed by atoms with Crippen LogP contribution < -0.4 is 0 Å². The molecule has 1 aliphatic heterocycles. The van der Waals surface area contributed by atoms with E-state index in [2.05, 4.69) is 11.3 Å². The minimum atomic E-state index is 0.567. The van der Waals surface area contributed by atoms with Gasteiger partial charge in [-0.15, -0.1) is 0 Å². The van der Waals surface area contributed by atoms with E-state index in [-0.39, 0.29) is 0 Å². The largest absolute Gasteiger partial charge is 0.299 e. The van der Waals surface area contributed by atoms with Crippen LogP contribution in [0.25, 0.3) is 0 Å². The lowest BCUT2D eigenvalue weighted by Gasteiger charge is -2.29. The Morgan fingerprint density at radius 2 is 2.25 bits per heavy atom. The van der Waals surface area contributed by atoms with Gasteiger partial charge in [-0.25, -0.2) is 0 Å². The van der Waals surface area contributed by atoms with Gasteiger partial charge in [-0.1, -0.05) is 0 Å². The number of thioether (sulfide) groups is 1. The fourth-order valence-electron chi connectivity index (χ4n) is 1.66. The van der Waals surface area contributed by atoms with Gasteiger partial charge in [0.25, 0.3) is 0 Å². The van der Waals surface area contributed by atoms with Crippen LogP contribution in [0.1, 0.15) is 25.7 Å². The smallest absolute Gasteiger partial charge is 0.0685 e. The molecule has 0 aromatic carbocycles. The summed E-state index contributed by atoms with van der Waals surface area (Å²) in [6.45, 7) is 3.22. The molecule has 3 heteroatoms. The zero-order chi connectivity index (χ0) is 8.44. The summed E-state index contributed by atoms with van der Waals surface area (Å²) >= 11 is 2.01. The van der Waals surface area contributed by atoms with Gasteiger partial charge in [0, 0.05) is 17.8 Å². The molecule has 0 radical (unpaired) electrons. The molecule has 0 aromatic rings. The fourth-order valence-corrected chi connectivity index (χ4v) is 2.44. The molecule has 0 aromatic heterocycles. The molecule has 1 saturated heterocycles. The van der Waals surface area contributed by atoms with Crippen LogP contribution in [0.5, 0.6) is 0 Å². The Balaban J connectivity index is 1.77. The Hall–Kier alpha value is 0.270. The third kappa shape index (κ3) is 1.95. The van der Waals surface area contributed by atoms with E-state index < -0.39 is 0 Å². The van der Waals surface area contributed by atoms with Crippen LogP contribution in [-0.2, 0) is 4.84 Å². The zero-order valence-electron chi connectivity index (χ0n) is 7.71. The lowest BCUT2D eigenvalue weighted by molar-refractivity contribution is -0.180. The van der Waals surface area contributed by atoms with Crippen LogP contribution in [0, 0.1) is 0 Å². The van der Waals surface area contributed by atoms with Gasteiger partial charge in [0.05, 0.1) is 6.61 Å². The van der Waals surface area contributed by atoms with E-state index in [1.165, 1.54) is 25.7 Å². The minimum absolute atomic E-state index is 0.567. The maximum atomic E-state index is 5.58. The second-order valence-corrected chi connectivity index (χ2v) is 5.07. The average Bonchev–Trinajstić information content (AvgIpc) is 2.88. The molecule has 2 rings (SSSR count). The van der Waals surface area contributed by atoms with Gasteiger partial charge in [0.15, 0.2) is 0 Å². The van der Waals surface area contributed by atoms with E-state index in [0.717, 1.165) is 19.7 Å². The Bertz CT molecular complexity index is 153. The monoisotopic (exact) mass is 187 g/mol.